The third kappa shape index (κ3) is 4.27. The second-order valence-corrected chi connectivity index (χ2v) is 8.98. The molecule has 176 valence electrons. The Bertz CT molecular complexity index is 1050. The number of phenolic OH excluding ortho intramolecular Hbond substituents is 1. The topological polar surface area (TPSA) is 117 Å². The highest BCUT2D eigenvalue weighted by Gasteiger charge is 2.43. The number of halogens is 1. The summed E-state index contributed by atoms with van der Waals surface area (Å²) in [5.41, 5.74) is 6.70. The molecule has 2 amide bonds. The number of rotatable bonds is 6. The maximum absolute atomic E-state index is 14.9. The van der Waals surface area contributed by atoms with Crippen LogP contribution in [0.2, 0.25) is 0 Å². The Morgan fingerprint density at radius 3 is 2.70 bits per heavy atom. The van der Waals surface area contributed by atoms with Crippen LogP contribution in [0.5, 0.6) is 11.5 Å². The fraction of sp³-hybridized carbons (Fsp3) is 0.522. The van der Waals surface area contributed by atoms with Crippen molar-refractivity contribution in [3.05, 3.63) is 29.7 Å². The Morgan fingerprint density at radius 1 is 1.24 bits per heavy atom. The maximum Gasteiger partial charge on any atom is 0.330 e. The number of aromatic nitrogens is 2. The number of aromatic hydroxyl groups is 1. The van der Waals surface area contributed by atoms with Gasteiger partial charge in [0.15, 0.2) is 11.6 Å². The van der Waals surface area contributed by atoms with Gasteiger partial charge in [-0.25, -0.2) is 14.2 Å². The fourth-order valence-corrected chi connectivity index (χ4v) is 4.56. The number of carbonyl (C=O) groups excluding carboxylic acids is 1. The lowest BCUT2D eigenvalue weighted by atomic mass is 9.92. The molecule has 0 radical (unpaired) electrons. The summed E-state index contributed by atoms with van der Waals surface area (Å²) in [6.45, 7) is 2.25. The Labute approximate surface area is 191 Å². The number of phenols is 1. The van der Waals surface area contributed by atoms with E-state index in [2.05, 4.69) is 10.3 Å². The first-order valence-corrected chi connectivity index (χ1v) is 11.6. The molecular formula is C23H29FN6O3. The highest BCUT2D eigenvalue weighted by molar-refractivity contribution is 6.06. The van der Waals surface area contributed by atoms with Gasteiger partial charge in [-0.3, -0.25) is 9.80 Å². The first-order chi connectivity index (χ1) is 15.9. The van der Waals surface area contributed by atoms with Crippen LogP contribution in [-0.2, 0) is 6.54 Å². The van der Waals surface area contributed by atoms with Gasteiger partial charge in [-0.2, -0.15) is 4.98 Å². The zero-order valence-electron chi connectivity index (χ0n) is 18.6. The fourth-order valence-electron chi connectivity index (χ4n) is 4.56. The van der Waals surface area contributed by atoms with Gasteiger partial charge in [-0.05, 0) is 45.4 Å². The summed E-state index contributed by atoms with van der Waals surface area (Å²) in [5.74, 6) is -0.0696. The Hall–Kier alpha value is -3.14. The van der Waals surface area contributed by atoms with E-state index >= 15 is 0 Å². The minimum atomic E-state index is -0.860. The molecule has 5 rings (SSSR count). The maximum atomic E-state index is 14.9. The van der Waals surface area contributed by atoms with E-state index in [1.807, 2.05) is 0 Å². The average Bonchev–Trinajstić information content (AvgIpc) is 3.63. The summed E-state index contributed by atoms with van der Waals surface area (Å²) in [4.78, 5) is 25.6. The predicted octanol–water partition coefficient (Wildman–Crippen LogP) is 3.51. The van der Waals surface area contributed by atoms with Crippen LogP contribution in [0, 0.1) is 5.82 Å². The number of anilines is 3. The quantitative estimate of drug-likeness (QED) is 0.609. The van der Waals surface area contributed by atoms with Gasteiger partial charge in [-0.1, -0.05) is 0 Å². The third-order valence-electron chi connectivity index (χ3n) is 6.46. The van der Waals surface area contributed by atoms with E-state index in [0.717, 1.165) is 44.1 Å². The normalized spacial score (nSPS) is 22.8. The molecule has 0 spiro atoms. The van der Waals surface area contributed by atoms with Crippen molar-refractivity contribution >= 4 is 23.5 Å². The molecule has 1 aromatic carbocycles. The first kappa shape index (κ1) is 21.7. The van der Waals surface area contributed by atoms with Crippen LogP contribution in [0.1, 0.15) is 51.0 Å². The predicted molar refractivity (Wildman–Crippen MR) is 122 cm³/mol. The Morgan fingerprint density at radius 2 is 2.00 bits per heavy atom. The number of carbonyl (C=O) groups is 1. The largest absolute Gasteiger partial charge is 0.505 e. The molecule has 0 unspecified atom stereocenters. The zero-order valence-corrected chi connectivity index (χ0v) is 18.6. The molecule has 2 aromatic rings. The van der Waals surface area contributed by atoms with E-state index in [0.29, 0.717) is 24.1 Å². The van der Waals surface area contributed by atoms with Gasteiger partial charge >= 0.3 is 6.03 Å². The molecule has 1 aromatic heterocycles. The molecule has 4 N–H and O–H groups in total. The van der Waals surface area contributed by atoms with Crippen molar-refractivity contribution in [1.29, 1.82) is 0 Å². The van der Waals surface area contributed by atoms with E-state index in [1.165, 1.54) is 17.0 Å². The number of urea groups is 1. The van der Waals surface area contributed by atoms with Crippen LogP contribution >= 0.6 is 0 Å². The number of nitrogens with one attached hydrogen (secondary N) is 1. The second-order valence-electron chi connectivity index (χ2n) is 8.98. The molecular weight excluding hydrogens is 427 g/mol. The van der Waals surface area contributed by atoms with Gasteiger partial charge in [0.2, 0.25) is 5.95 Å². The van der Waals surface area contributed by atoms with Gasteiger partial charge in [0.05, 0.1) is 18.8 Å². The van der Waals surface area contributed by atoms with Crippen LogP contribution < -0.4 is 25.6 Å². The Balaban J connectivity index is 1.46. The van der Waals surface area contributed by atoms with Crippen LogP contribution in [0.4, 0.5) is 26.6 Å². The lowest BCUT2D eigenvalue weighted by Crippen LogP contribution is -2.49. The van der Waals surface area contributed by atoms with Gasteiger partial charge in [0.25, 0.3) is 0 Å². The zero-order chi connectivity index (χ0) is 23.1. The molecule has 9 nitrogen and oxygen atoms in total. The van der Waals surface area contributed by atoms with Gasteiger partial charge in [0, 0.05) is 42.0 Å². The third-order valence-corrected chi connectivity index (χ3v) is 6.46. The van der Waals surface area contributed by atoms with Crippen molar-refractivity contribution in [3.63, 3.8) is 0 Å². The van der Waals surface area contributed by atoms with Crippen LogP contribution in [-0.4, -0.2) is 45.8 Å². The van der Waals surface area contributed by atoms with Crippen molar-refractivity contribution in [2.45, 2.75) is 70.1 Å². The summed E-state index contributed by atoms with van der Waals surface area (Å²) in [6, 6.07) is 2.81. The lowest BCUT2D eigenvalue weighted by Gasteiger charge is -2.36. The van der Waals surface area contributed by atoms with E-state index < -0.39 is 11.6 Å². The number of nitrogens with two attached hydrogens (primary N) is 1. The average molecular weight is 457 g/mol. The Kier molecular flexibility index (Phi) is 5.69. The number of amides is 2. The molecule has 10 heteroatoms. The van der Waals surface area contributed by atoms with Crippen molar-refractivity contribution in [2.75, 3.05) is 21.7 Å². The van der Waals surface area contributed by atoms with Gasteiger partial charge in [0.1, 0.15) is 11.6 Å². The number of fused-ring (bicyclic) bond motifs is 1. The molecule has 2 fully saturated rings. The minimum Gasteiger partial charge on any atom is -0.505 e. The number of hydrogen-bond acceptors (Lipinski definition) is 7. The van der Waals surface area contributed by atoms with Crippen LogP contribution in [0.25, 0.3) is 0 Å². The molecule has 0 saturated heterocycles. The molecule has 0 atom stereocenters. The standard InChI is InChI=1S/C23H29FN6O3/c1-2-33-17-9-18(20(24)19(31)10-17)29-12-13-11-26-22(27-15-5-3-14(25)4-6-15)28-21(13)30(23(29)32)16-7-8-16/h9-11,14-16,31H,2-8,12,25H2,1H3,(H,26,27,28). The number of hydrogen-bond donors (Lipinski definition) is 3. The van der Waals surface area contributed by atoms with E-state index in [1.54, 1.807) is 18.0 Å². The second kappa shape index (κ2) is 8.66. The van der Waals surface area contributed by atoms with Crippen molar-refractivity contribution < 1.29 is 19.0 Å². The van der Waals surface area contributed by atoms with Gasteiger partial charge in [-0.15, -0.1) is 0 Å². The minimum absolute atomic E-state index is 0.0150. The lowest BCUT2D eigenvalue weighted by molar-refractivity contribution is 0.249. The summed E-state index contributed by atoms with van der Waals surface area (Å²) in [7, 11) is 0. The summed E-state index contributed by atoms with van der Waals surface area (Å²) in [5, 5.41) is 13.5. The molecule has 1 aliphatic heterocycles. The van der Waals surface area contributed by atoms with Crippen LogP contribution in [0.3, 0.4) is 0 Å². The number of benzene rings is 1. The number of nitrogens with zero attached hydrogens (tertiary/aromatic N) is 4. The highest BCUT2D eigenvalue weighted by Crippen LogP contribution is 2.41. The highest BCUT2D eigenvalue weighted by atomic mass is 19.1. The molecule has 0 bridgehead atoms. The van der Waals surface area contributed by atoms with Crippen molar-refractivity contribution in [2.24, 2.45) is 5.73 Å². The van der Waals surface area contributed by atoms with E-state index in [9.17, 15) is 14.3 Å². The molecule has 3 aliphatic rings. The van der Waals surface area contributed by atoms with Crippen molar-refractivity contribution in [3.8, 4) is 11.5 Å². The number of ether oxygens (including phenoxy) is 1. The molecule has 2 saturated carbocycles. The summed E-state index contributed by atoms with van der Waals surface area (Å²) >= 11 is 0. The van der Waals surface area contributed by atoms with Gasteiger partial charge < -0.3 is 20.9 Å². The SMILES string of the molecule is CCOc1cc(O)c(F)c(N2Cc3cnc(NC4CCC(N)CC4)nc3N(C3CC3)C2=O)c1. The monoisotopic (exact) mass is 456 g/mol. The summed E-state index contributed by atoms with van der Waals surface area (Å²) in [6.07, 6.45) is 7.25. The molecule has 2 aliphatic carbocycles. The first-order valence-electron chi connectivity index (χ1n) is 11.6. The van der Waals surface area contributed by atoms with E-state index in [4.69, 9.17) is 15.5 Å². The van der Waals surface area contributed by atoms with Crippen molar-refractivity contribution in [1.82, 2.24) is 9.97 Å². The van der Waals surface area contributed by atoms with E-state index in [-0.39, 0.29) is 36.4 Å². The molecule has 33 heavy (non-hydrogen) atoms. The smallest absolute Gasteiger partial charge is 0.330 e. The van der Waals surface area contributed by atoms with Crippen LogP contribution in [0.15, 0.2) is 18.3 Å². The summed E-state index contributed by atoms with van der Waals surface area (Å²) < 4.78 is 20.3. The molecule has 2 heterocycles.